The van der Waals surface area contributed by atoms with Crippen LogP contribution in [0.3, 0.4) is 0 Å². The van der Waals surface area contributed by atoms with Gasteiger partial charge in [-0.2, -0.15) is 0 Å². The molecule has 2 atom stereocenters. The molecule has 25 heavy (non-hydrogen) atoms. The largest absolute Gasteiger partial charge is 0.465 e. The molecule has 1 aromatic carbocycles. The van der Waals surface area contributed by atoms with Crippen LogP contribution in [-0.4, -0.2) is 36.6 Å². The second kappa shape index (κ2) is 7.19. The molecule has 2 aliphatic rings. The van der Waals surface area contributed by atoms with Crippen LogP contribution in [0.4, 0.5) is 5.69 Å². The number of imide groups is 1. The van der Waals surface area contributed by atoms with E-state index >= 15 is 0 Å². The fraction of sp³-hybridized carbons (Fsp3) is 0.421. The summed E-state index contributed by atoms with van der Waals surface area (Å²) in [5.41, 5.74) is 1.26. The highest BCUT2D eigenvalue weighted by molar-refractivity contribution is 6.28. The molecule has 1 fully saturated rings. The summed E-state index contributed by atoms with van der Waals surface area (Å²) in [4.78, 5) is 36.3. The van der Waals surface area contributed by atoms with Crippen molar-refractivity contribution in [3.63, 3.8) is 0 Å². The van der Waals surface area contributed by atoms with Crippen LogP contribution in [0, 0.1) is 5.92 Å². The van der Waals surface area contributed by atoms with Gasteiger partial charge in [-0.25, -0.2) is 4.90 Å². The van der Waals surface area contributed by atoms with Crippen LogP contribution in [-0.2, 0) is 30.3 Å². The predicted octanol–water partition coefficient (Wildman–Crippen LogP) is 2.02. The van der Waals surface area contributed by atoms with Crippen molar-refractivity contribution in [3.05, 3.63) is 42.0 Å². The average molecular weight is 343 g/mol. The zero-order chi connectivity index (χ0) is 18.0. The topological polar surface area (TPSA) is 72.9 Å². The molecule has 1 aromatic rings. The number of hydrogen-bond donors (Lipinski definition) is 0. The number of amides is 2. The smallest absolute Gasteiger partial charge is 0.310 e. The molecule has 3 rings (SSSR count). The molecular weight excluding hydrogens is 322 g/mol. The first kappa shape index (κ1) is 17.4. The minimum Gasteiger partial charge on any atom is -0.465 e. The maximum atomic E-state index is 11.9. The Morgan fingerprint density at radius 3 is 2.24 bits per heavy atom. The van der Waals surface area contributed by atoms with E-state index in [9.17, 15) is 14.4 Å². The minimum absolute atomic E-state index is 0.159. The highest BCUT2D eigenvalue weighted by Gasteiger charge is 2.35. The zero-order valence-electron chi connectivity index (χ0n) is 14.3. The van der Waals surface area contributed by atoms with E-state index in [4.69, 9.17) is 9.47 Å². The van der Waals surface area contributed by atoms with Crippen LogP contribution < -0.4 is 4.90 Å². The fourth-order valence-corrected chi connectivity index (χ4v) is 3.25. The molecule has 0 aromatic heterocycles. The van der Waals surface area contributed by atoms with Crippen molar-refractivity contribution in [2.45, 2.75) is 38.9 Å². The zero-order valence-corrected chi connectivity index (χ0v) is 14.3. The number of ether oxygens (including phenoxy) is 2. The van der Waals surface area contributed by atoms with E-state index < -0.39 is 0 Å². The lowest BCUT2D eigenvalue weighted by Gasteiger charge is -2.41. The number of anilines is 1. The molecule has 2 heterocycles. The molecule has 0 radical (unpaired) electrons. The molecule has 6 heteroatoms. The van der Waals surface area contributed by atoms with Crippen molar-refractivity contribution >= 4 is 23.5 Å². The van der Waals surface area contributed by atoms with E-state index in [1.165, 1.54) is 12.2 Å². The van der Waals surface area contributed by atoms with Crippen molar-refractivity contribution < 1.29 is 23.9 Å². The Hall–Kier alpha value is -2.47. The third-order valence-corrected chi connectivity index (χ3v) is 4.70. The van der Waals surface area contributed by atoms with Gasteiger partial charge >= 0.3 is 5.97 Å². The van der Waals surface area contributed by atoms with E-state index in [1.807, 2.05) is 13.8 Å². The molecule has 2 unspecified atom stereocenters. The van der Waals surface area contributed by atoms with Crippen molar-refractivity contribution in [2.75, 3.05) is 11.5 Å². The van der Waals surface area contributed by atoms with Gasteiger partial charge in [0.15, 0.2) is 0 Å². The Morgan fingerprint density at radius 1 is 1.08 bits per heavy atom. The van der Waals surface area contributed by atoms with E-state index in [2.05, 4.69) is 0 Å². The van der Waals surface area contributed by atoms with Gasteiger partial charge in [0.05, 0.1) is 30.9 Å². The van der Waals surface area contributed by atoms with Crippen molar-refractivity contribution in [1.82, 2.24) is 0 Å². The van der Waals surface area contributed by atoms with E-state index in [1.54, 1.807) is 24.3 Å². The molecule has 0 aliphatic carbocycles. The maximum Gasteiger partial charge on any atom is 0.310 e. The molecule has 0 N–H and O–H groups in total. The Bertz CT molecular complexity index is 683. The van der Waals surface area contributed by atoms with Crippen LogP contribution >= 0.6 is 0 Å². The minimum atomic E-state index is -0.361. The van der Waals surface area contributed by atoms with Crippen LogP contribution in [0.15, 0.2) is 36.4 Å². The van der Waals surface area contributed by atoms with Gasteiger partial charge in [-0.3, -0.25) is 14.4 Å². The Balaban J connectivity index is 1.47. The summed E-state index contributed by atoms with van der Waals surface area (Å²) >= 11 is 0. The summed E-state index contributed by atoms with van der Waals surface area (Å²) in [6, 6.07) is 6.75. The van der Waals surface area contributed by atoms with Gasteiger partial charge in [0, 0.05) is 18.1 Å². The highest BCUT2D eigenvalue weighted by Crippen LogP contribution is 2.30. The monoisotopic (exact) mass is 343 g/mol. The Kier molecular flexibility index (Phi) is 4.99. The third-order valence-electron chi connectivity index (χ3n) is 4.70. The summed E-state index contributed by atoms with van der Waals surface area (Å²) in [7, 11) is 0. The lowest BCUT2D eigenvalue weighted by atomic mass is 9.89. The van der Waals surface area contributed by atoms with Crippen LogP contribution in [0.5, 0.6) is 0 Å². The Labute approximate surface area is 146 Å². The number of benzene rings is 1. The second-order valence-electron chi connectivity index (χ2n) is 6.41. The number of nitrogens with zero attached hydrogens (tertiary/aromatic N) is 1. The summed E-state index contributed by atoms with van der Waals surface area (Å²) in [6.45, 7) is 4.45. The second-order valence-corrected chi connectivity index (χ2v) is 6.41. The molecule has 2 amide bonds. The molecule has 1 saturated heterocycles. The van der Waals surface area contributed by atoms with E-state index in [0.29, 0.717) is 18.2 Å². The molecule has 132 valence electrons. The molecule has 0 spiro atoms. The summed E-state index contributed by atoms with van der Waals surface area (Å²) in [5.74, 6) is -0.569. The van der Waals surface area contributed by atoms with Crippen LogP contribution in [0.1, 0.15) is 25.8 Å². The summed E-state index contributed by atoms with van der Waals surface area (Å²) < 4.78 is 10.8. The standard InChI is InChI=1S/C19H21NO5/c1-12-16(13(2)25-12)9-10-24-19(23)11-14-3-5-15(6-4-14)20-17(21)7-8-18(20)22/h3-8,12-13,16H,9-11H2,1-2H3. The highest BCUT2D eigenvalue weighted by atomic mass is 16.5. The van der Waals surface area contributed by atoms with Gasteiger partial charge in [-0.15, -0.1) is 0 Å². The molecule has 0 saturated carbocycles. The van der Waals surface area contributed by atoms with Crippen molar-refractivity contribution in [3.8, 4) is 0 Å². The first-order chi connectivity index (χ1) is 12.0. The lowest BCUT2D eigenvalue weighted by Crippen LogP contribution is -2.45. The predicted molar refractivity (Wildman–Crippen MR) is 90.9 cm³/mol. The van der Waals surface area contributed by atoms with Crippen molar-refractivity contribution in [2.24, 2.45) is 5.92 Å². The van der Waals surface area contributed by atoms with Crippen molar-refractivity contribution in [1.29, 1.82) is 0 Å². The van der Waals surface area contributed by atoms with Crippen LogP contribution in [0.2, 0.25) is 0 Å². The summed E-state index contributed by atoms with van der Waals surface area (Å²) in [5, 5.41) is 0. The SMILES string of the molecule is CC1OC(C)C1CCOC(=O)Cc1ccc(N2C(=O)C=CC2=O)cc1. The number of rotatable bonds is 6. The van der Waals surface area contributed by atoms with Gasteiger partial charge in [0.2, 0.25) is 0 Å². The van der Waals surface area contributed by atoms with Gasteiger partial charge in [-0.05, 0) is 38.0 Å². The van der Waals surface area contributed by atoms with Gasteiger partial charge < -0.3 is 9.47 Å². The molecular formula is C19H21NO5. The average Bonchev–Trinajstić information content (AvgIpc) is 2.91. The van der Waals surface area contributed by atoms with Gasteiger partial charge in [0.25, 0.3) is 11.8 Å². The Morgan fingerprint density at radius 2 is 1.68 bits per heavy atom. The van der Waals surface area contributed by atoms with E-state index in [0.717, 1.165) is 16.9 Å². The fourth-order valence-electron chi connectivity index (χ4n) is 3.25. The quantitative estimate of drug-likeness (QED) is 0.584. The first-order valence-electron chi connectivity index (χ1n) is 8.42. The first-order valence-corrected chi connectivity index (χ1v) is 8.42. The molecule has 2 aliphatic heterocycles. The van der Waals surface area contributed by atoms with Crippen LogP contribution in [0.25, 0.3) is 0 Å². The lowest BCUT2D eigenvalue weighted by molar-refractivity contribution is -0.174. The molecule has 6 nitrogen and oxygen atoms in total. The maximum absolute atomic E-state index is 11.9. The van der Waals surface area contributed by atoms with Gasteiger partial charge in [-0.1, -0.05) is 12.1 Å². The van der Waals surface area contributed by atoms with E-state index in [-0.39, 0.29) is 36.4 Å². The number of esters is 1. The third kappa shape index (κ3) is 3.79. The summed E-state index contributed by atoms with van der Waals surface area (Å²) in [6.07, 6.45) is 3.90. The number of carbonyl (C=O) groups is 3. The number of hydrogen-bond acceptors (Lipinski definition) is 5. The number of carbonyl (C=O) groups excluding carboxylic acids is 3. The normalized spacial score (nSPS) is 25.2. The van der Waals surface area contributed by atoms with Gasteiger partial charge in [0.1, 0.15) is 0 Å². The molecule has 0 bridgehead atoms.